The Bertz CT molecular complexity index is 644. The standard InChI is InChI=1S/C14H16O4S/c1-19(15,16)18-11-5-10-17-14-9-4-7-12-6-2-3-8-13(12)14/h2-4,6-9H,5,10-11H2,1H3. The Hall–Kier alpha value is -1.59. The van der Waals surface area contributed by atoms with E-state index in [9.17, 15) is 8.42 Å². The molecule has 19 heavy (non-hydrogen) atoms. The molecule has 2 aromatic carbocycles. The van der Waals surface area contributed by atoms with Crippen LogP contribution in [0.25, 0.3) is 10.8 Å². The summed E-state index contributed by atoms with van der Waals surface area (Å²) in [5.74, 6) is 0.803. The average Bonchev–Trinajstić information content (AvgIpc) is 2.37. The minimum Gasteiger partial charge on any atom is -0.493 e. The van der Waals surface area contributed by atoms with Gasteiger partial charge in [-0.1, -0.05) is 36.4 Å². The van der Waals surface area contributed by atoms with Crippen LogP contribution >= 0.6 is 0 Å². The number of hydrogen-bond acceptors (Lipinski definition) is 4. The Kier molecular flexibility index (Phi) is 4.39. The van der Waals surface area contributed by atoms with Gasteiger partial charge in [0.2, 0.25) is 0 Å². The number of benzene rings is 2. The first-order valence-electron chi connectivity index (χ1n) is 6.01. The van der Waals surface area contributed by atoms with Crippen molar-refractivity contribution in [3.63, 3.8) is 0 Å². The first-order valence-corrected chi connectivity index (χ1v) is 7.83. The van der Waals surface area contributed by atoms with Crippen molar-refractivity contribution in [1.82, 2.24) is 0 Å². The molecule has 0 bridgehead atoms. The molecule has 0 aliphatic carbocycles. The third-order valence-corrected chi connectivity index (χ3v) is 3.19. The highest BCUT2D eigenvalue weighted by Gasteiger charge is 2.03. The van der Waals surface area contributed by atoms with E-state index in [-0.39, 0.29) is 6.61 Å². The van der Waals surface area contributed by atoms with Crippen LogP contribution in [0.15, 0.2) is 42.5 Å². The molecule has 0 saturated carbocycles. The molecular formula is C14H16O4S. The van der Waals surface area contributed by atoms with E-state index >= 15 is 0 Å². The second kappa shape index (κ2) is 6.04. The number of hydrogen-bond donors (Lipinski definition) is 0. The molecule has 2 rings (SSSR count). The van der Waals surface area contributed by atoms with E-state index in [1.165, 1.54) is 0 Å². The number of ether oxygens (including phenoxy) is 1. The molecule has 2 aromatic rings. The molecule has 0 fully saturated rings. The first-order chi connectivity index (χ1) is 9.06. The van der Waals surface area contributed by atoms with Crippen LogP contribution in [0, 0.1) is 0 Å². The Morgan fingerprint density at radius 1 is 1.00 bits per heavy atom. The second-order valence-corrected chi connectivity index (χ2v) is 5.85. The molecule has 0 saturated heterocycles. The summed E-state index contributed by atoms with van der Waals surface area (Å²) in [6.45, 7) is 0.563. The first kappa shape index (κ1) is 13.8. The molecule has 0 amide bonds. The molecular weight excluding hydrogens is 264 g/mol. The lowest BCUT2D eigenvalue weighted by molar-refractivity contribution is 0.253. The largest absolute Gasteiger partial charge is 0.493 e. The highest BCUT2D eigenvalue weighted by Crippen LogP contribution is 2.25. The molecule has 0 aromatic heterocycles. The fraction of sp³-hybridized carbons (Fsp3) is 0.286. The van der Waals surface area contributed by atoms with Crippen molar-refractivity contribution in [2.45, 2.75) is 6.42 Å². The van der Waals surface area contributed by atoms with Crippen LogP contribution in [0.5, 0.6) is 5.75 Å². The van der Waals surface area contributed by atoms with Crippen molar-refractivity contribution in [1.29, 1.82) is 0 Å². The Morgan fingerprint density at radius 3 is 2.53 bits per heavy atom. The van der Waals surface area contributed by atoms with E-state index < -0.39 is 10.1 Å². The van der Waals surface area contributed by atoms with Crippen molar-refractivity contribution in [3.05, 3.63) is 42.5 Å². The summed E-state index contributed by atoms with van der Waals surface area (Å²) >= 11 is 0. The Balaban J connectivity index is 1.92. The summed E-state index contributed by atoms with van der Waals surface area (Å²) in [6, 6.07) is 13.8. The zero-order chi connectivity index (χ0) is 13.7. The molecule has 0 aliphatic heterocycles. The van der Waals surface area contributed by atoms with Crippen molar-refractivity contribution in [2.24, 2.45) is 0 Å². The number of rotatable bonds is 6. The van der Waals surface area contributed by atoms with Gasteiger partial charge < -0.3 is 4.74 Å². The van der Waals surface area contributed by atoms with Crippen LogP contribution in [-0.4, -0.2) is 27.9 Å². The molecule has 0 heterocycles. The van der Waals surface area contributed by atoms with Gasteiger partial charge in [0.1, 0.15) is 5.75 Å². The summed E-state index contributed by atoms with van der Waals surface area (Å²) in [7, 11) is -3.36. The van der Waals surface area contributed by atoms with Crippen LogP contribution in [0.3, 0.4) is 0 Å². The minimum atomic E-state index is -3.36. The molecule has 0 spiro atoms. The zero-order valence-corrected chi connectivity index (χ0v) is 11.5. The van der Waals surface area contributed by atoms with E-state index in [2.05, 4.69) is 4.18 Å². The molecule has 0 N–H and O–H groups in total. The van der Waals surface area contributed by atoms with Crippen LogP contribution in [0.1, 0.15) is 6.42 Å². The topological polar surface area (TPSA) is 52.6 Å². The van der Waals surface area contributed by atoms with Crippen molar-refractivity contribution in [2.75, 3.05) is 19.5 Å². The maximum atomic E-state index is 10.8. The summed E-state index contributed by atoms with van der Waals surface area (Å²) in [5.41, 5.74) is 0. The van der Waals surface area contributed by atoms with Crippen LogP contribution in [-0.2, 0) is 14.3 Å². The van der Waals surface area contributed by atoms with Gasteiger partial charge in [-0.3, -0.25) is 4.18 Å². The lowest BCUT2D eigenvalue weighted by Gasteiger charge is -2.09. The van der Waals surface area contributed by atoms with Crippen molar-refractivity contribution < 1.29 is 17.3 Å². The maximum absolute atomic E-state index is 10.8. The maximum Gasteiger partial charge on any atom is 0.264 e. The molecule has 0 aliphatic rings. The molecule has 0 radical (unpaired) electrons. The van der Waals surface area contributed by atoms with Crippen molar-refractivity contribution >= 4 is 20.9 Å². The smallest absolute Gasteiger partial charge is 0.264 e. The highest BCUT2D eigenvalue weighted by atomic mass is 32.2. The van der Waals surface area contributed by atoms with Gasteiger partial charge in [0, 0.05) is 11.8 Å². The van der Waals surface area contributed by atoms with Gasteiger partial charge in [-0.2, -0.15) is 8.42 Å². The third kappa shape index (κ3) is 4.22. The molecule has 4 nitrogen and oxygen atoms in total. The summed E-state index contributed by atoms with van der Waals surface area (Å²) < 4.78 is 31.9. The second-order valence-electron chi connectivity index (χ2n) is 4.21. The van der Waals surface area contributed by atoms with E-state index in [0.717, 1.165) is 22.8 Å². The van der Waals surface area contributed by atoms with Gasteiger partial charge in [-0.25, -0.2) is 0 Å². The monoisotopic (exact) mass is 280 g/mol. The Morgan fingerprint density at radius 2 is 1.74 bits per heavy atom. The van der Waals surface area contributed by atoms with E-state index in [0.29, 0.717) is 13.0 Å². The molecule has 0 unspecified atom stereocenters. The lowest BCUT2D eigenvalue weighted by Crippen LogP contribution is -2.07. The van der Waals surface area contributed by atoms with Crippen LogP contribution in [0.2, 0.25) is 0 Å². The normalized spacial score (nSPS) is 11.6. The van der Waals surface area contributed by atoms with Gasteiger partial charge >= 0.3 is 0 Å². The van der Waals surface area contributed by atoms with Gasteiger partial charge in [0.25, 0.3) is 10.1 Å². The quantitative estimate of drug-likeness (QED) is 0.603. The lowest BCUT2D eigenvalue weighted by atomic mass is 10.1. The summed E-state index contributed by atoms with van der Waals surface area (Å²) in [6.07, 6.45) is 1.56. The Labute approximate surface area is 113 Å². The van der Waals surface area contributed by atoms with Gasteiger partial charge in [0.15, 0.2) is 0 Å². The number of fused-ring (bicyclic) bond motifs is 1. The zero-order valence-electron chi connectivity index (χ0n) is 10.7. The highest BCUT2D eigenvalue weighted by molar-refractivity contribution is 7.85. The van der Waals surface area contributed by atoms with E-state index in [1.807, 2.05) is 42.5 Å². The van der Waals surface area contributed by atoms with E-state index in [4.69, 9.17) is 4.74 Å². The predicted molar refractivity (Wildman–Crippen MR) is 74.9 cm³/mol. The minimum absolute atomic E-state index is 0.142. The van der Waals surface area contributed by atoms with Gasteiger partial charge in [-0.15, -0.1) is 0 Å². The van der Waals surface area contributed by atoms with Gasteiger partial charge in [0.05, 0.1) is 19.5 Å². The van der Waals surface area contributed by atoms with E-state index in [1.54, 1.807) is 0 Å². The fourth-order valence-corrected chi connectivity index (χ4v) is 2.19. The fourth-order valence-electron chi connectivity index (χ4n) is 1.77. The SMILES string of the molecule is CS(=O)(=O)OCCCOc1cccc2ccccc12. The summed E-state index contributed by atoms with van der Waals surface area (Å²) in [4.78, 5) is 0. The molecule has 5 heteroatoms. The van der Waals surface area contributed by atoms with Gasteiger partial charge in [-0.05, 0) is 11.5 Å². The van der Waals surface area contributed by atoms with Crippen LogP contribution in [0.4, 0.5) is 0 Å². The van der Waals surface area contributed by atoms with Crippen LogP contribution < -0.4 is 4.74 Å². The summed E-state index contributed by atoms with van der Waals surface area (Å²) in [5, 5.41) is 2.17. The molecule has 102 valence electrons. The van der Waals surface area contributed by atoms with Crippen molar-refractivity contribution in [3.8, 4) is 5.75 Å². The third-order valence-electron chi connectivity index (χ3n) is 2.59. The average molecular weight is 280 g/mol. The molecule has 0 atom stereocenters. The predicted octanol–water partition coefficient (Wildman–Crippen LogP) is 2.58.